The minimum Gasteiger partial charge on any atom is -0.508 e. The summed E-state index contributed by atoms with van der Waals surface area (Å²) in [5, 5.41) is 23.3. The molecule has 0 unspecified atom stereocenters. The second-order valence-corrected chi connectivity index (χ2v) is 5.46. The van der Waals surface area contributed by atoms with Gasteiger partial charge in [0.05, 0.1) is 0 Å². The normalized spacial score (nSPS) is 12.3. The van der Waals surface area contributed by atoms with Crippen LogP contribution in [0, 0.1) is 0 Å². The highest BCUT2D eigenvalue weighted by Gasteiger charge is 2.19. The highest BCUT2D eigenvalue weighted by Crippen LogP contribution is 2.20. The fourth-order valence-corrected chi connectivity index (χ4v) is 2.66. The summed E-state index contributed by atoms with van der Waals surface area (Å²) < 4.78 is 0. The Morgan fingerprint density at radius 1 is 1.09 bits per heavy atom. The third-order valence-corrected chi connectivity index (χ3v) is 3.93. The number of rotatable bonds is 6. The van der Waals surface area contributed by atoms with Crippen molar-refractivity contribution in [1.82, 2.24) is 10.3 Å². The average molecular weight is 310 g/mol. The molecule has 3 rings (SSSR count). The van der Waals surface area contributed by atoms with Gasteiger partial charge in [-0.05, 0) is 17.7 Å². The Bertz CT molecular complexity index is 826. The van der Waals surface area contributed by atoms with Crippen LogP contribution in [0.1, 0.15) is 11.1 Å². The van der Waals surface area contributed by atoms with Crippen molar-refractivity contribution in [3.63, 3.8) is 0 Å². The molecule has 0 fully saturated rings. The van der Waals surface area contributed by atoms with E-state index in [1.54, 1.807) is 18.2 Å². The fourth-order valence-electron chi connectivity index (χ4n) is 2.66. The standard InChI is InChI=1S/C18H18N2O3/c21-17-8-4-1-5-12(17)10-20-16(18(22)23)9-13-11-19-15-7-3-2-6-14(13)15/h1-8,11,16,19-21H,9-10H2,(H,22,23)/t16-/m0/s1. The highest BCUT2D eigenvalue weighted by molar-refractivity contribution is 5.84. The van der Waals surface area contributed by atoms with Gasteiger partial charge in [0.2, 0.25) is 0 Å². The van der Waals surface area contributed by atoms with Gasteiger partial charge in [-0.3, -0.25) is 10.1 Å². The first kappa shape index (κ1) is 15.1. The van der Waals surface area contributed by atoms with Crippen molar-refractivity contribution in [1.29, 1.82) is 0 Å². The van der Waals surface area contributed by atoms with Crippen molar-refractivity contribution in [2.24, 2.45) is 0 Å². The lowest BCUT2D eigenvalue weighted by molar-refractivity contribution is -0.139. The molecule has 4 N–H and O–H groups in total. The van der Waals surface area contributed by atoms with Gasteiger partial charge in [0.25, 0.3) is 0 Å². The van der Waals surface area contributed by atoms with Gasteiger partial charge < -0.3 is 15.2 Å². The van der Waals surface area contributed by atoms with Gasteiger partial charge in [-0.2, -0.15) is 0 Å². The Balaban J connectivity index is 1.75. The second-order valence-electron chi connectivity index (χ2n) is 5.46. The van der Waals surface area contributed by atoms with Gasteiger partial charge in [0, 0.05) is 35.6 Å². The molecule has 0 radical (unpaired) electrons. The van der Waals surface area contributed by atoms with E-state index in [9.17, 15) is 15.0 Å². The van der Waals surface area contributed by atoms with E-state index in [2.05, 4.69) is 10.3 Å². The Kier molecular flexibility index (Phi) is 4.30. The summed E-state index contributed by atoms with van der Waals surface area (Å²) >= 11 is 0. The SMILES string of the molecule is O=C(O)[C@H](Cc1c[nH]c2ccccc12)NCc1ccccc1O. The van der Waals surface area contributed by atoms with Crippen LogP contribution >= 0.6 is 0 Å². The lowest BCUT2D eigenvalue weighted by atomic mass is 10.0. The molecule has 118 valence electrons. The summed E-state index contributed by atoms with van der Waals surface area (Å²) in [6, 6.07) is 14.0. The van der Waals surface area contributed by atoms with Gasteiger partial charge in [0.1, 0.15) is 11.8 Å². The monoisotopic (exact) mass is 310 g/mol. The number of nitrogens with one attached hydrogen (secondary N) is 2. The molecule has 0 spiro atoms. The first-order valence-corrected chi connectivity index (χ1v) is 7.43. The maximum absolute atomic E-state index is 11.5. The molecule has 0 amide bonds. The highest BCUT2D eigenvalue weighted by atomic mass is 16.4. The Hall–Kier alpha value is -2.79. The number of aromatic amines is 1. The Morgan fingerprint density at radius 2 is 1.83 bits per heavy atom. The van der Waals surface area contributed by atoms with E-state index in [1.165, 1.54) is 0 Å². The van der Waals surface area contributed by atoms with Crippen molar-refractivity contribution < 1.29 is 15.0 Å². The van der Waals surface area contributed by atoms with Crippen LogP contribution in [0.25, 0.3) is 10.9 Å². The van der Waals surface area contributed by atoms with Gasteiger partial charge in [-0.15, -0.1) is 0 Å². The zero-order chi connectivity index (χ0) is 16.2. The lowest BCUT2D eigenvalue weighted by Crippen LogP contribution is -2.38. The first-order chi connectivity index (χ1) is 11.1. The molecule has 0 saturated carbocycles. The van der Waals surface area contributed by atoms with Gasteiger partial charge in [-0.25, -0.2) is 0 Å². The number of carboxylic acid groups (broad SMARTS) is 1. The number of hydrogen-bond acceptors (Lipinski definition) is 3. The molecule has 0 aliphatic heterocycles. The molecule has 0 aliphatic rings. The number of hydrogen-bond donors (Lipinski definition) is 4. The molecule has 0 bridgehead atoms. The fraction of sp³-hybridized carbons (Fsp3) is 0.167. The molecule has 1 aromatic heterocycles. The summed E-state index contributed by atoms with van der Waals surface area (Å²) in [6.07, 6.45) is 2.22. The van der Waals surface area contributed by atoms with Gasteiger partial charge in [0.15, 0.2) is 0 Å². The lowest BCUT2D eigenvalue weighted by Gasteiger charge is -2.14. The molecule has 1 heterocycles. The molecule has 2 aromatic carbocycles. The number of carbonyl (C=O) groups is 1. The van der Waals surface area contributed by atoms with E-state index < -0.39 is 12.0 Å². The number of para-hydroxylation sites is 2. The zero-order valence-corrected chi connectivity index (χ0v) is 12.5. The van der Waals surface area contributed by atoms with Crippen LogP contribution in [0.5, 0.6) is 5.75 Å². The number of phenols is 1. The van der Waals surface area contributed by atoms with Crippen molar-refractivity contribution in [3.05, 3.63) is 65.9 Å². The molecule has 0 aliphatic carbocycles. The number of phenolic OH excluding ortho intramolecular Hbond substituents is 1. The topological polar surface area (TPSA) is 85.3 Å². The molecule has 3 aromatic rings. The number of H-pyrrole nitrogens is 1. The van der Waals surface area contributed by atoms with Crippen LogP contribution in [0.15, 0.2) is 54.7 Å². The van der Waals surface area contributed by atoms with E-state index in [0.717, 1.165) is 16.5 Å². The van der Waals surface area contributed by atoms with Crippen molar-refractivity contribution in [2.75, 3.05) is 0 Å². The van der Waals surface area contributed by atoms with Crippen LogP contribution in [0.4, 0.5) is 0 Å². The molecule has 23 heavy (non-hydrogen) atoms. The summed E-state index contributed by atoms with van der Waals surface area (Å²) in [5.41, 5.74) is 2.63. The molecule has 5 heteroatoms. The van der Waals surface area contributed by atoms with E-state index in [0.29, 0.717) is 18.5 Å². The van der Waals surface area contributed by atoms with Crippen molar-refractivity contribution in [2.45, 2.75) is 19.0 Å². The third kappa shape index (κ3) is 3.35. The number of aliphatic carboxylic acids is 1. The number of carboxylic acids is 1. The summed E-state index contributed by atoms with van der Waals surface area (Å²) in [7, 11) is 0. The zero-order valence-electron chi connectivity index (χ0n) is 12.5. The smallest absolute Gasteiger partial charge is 0.321 e. The molecule has 5 nitrogen and oxygen atoms in total. The van der Waals surface area contributed by atoms with E-state index in [-0.39, 0.29) is 5.75 Å². The van der Waals surface area contributed by atoms with Crippen LogP contribution in [0.3, 0.4) is 0 Å². The molecule has 0 saturated heterocycles. The summed E-state index contributed by atoms with van der Waals surface area (Å²) in [6.45, 7) is 0.298. The van der Waals surface area contributed by atoms with E-state index in [4.69, 9.17) is 0 Å². The number of aromatic nitrogens is 1. The minimum absolute atomic E-state index is 0.163. The molecular formula is C18H18N2O3. The maximum Gasteiger partial charge on any atom is 0.321 e. The Labute approximate surface area is 133 Å². The van der Waals surface area contributed by atoms with E-state index in [1.807, 2.05) is 36.5 Å². The number of benzene rings is 2. The first-order valence-electron chi connectivity index (χ1n) is 7.43. The van der Waals surface area contributed by atoms with E-state index >= 15 is 0 Å². The van der Waals surface area contributed by atoms with Crippen molar-refractivity contribution >= 4 is 16.9 Å². The Morgan fingerprint density at radius 3 is 2.61 bits per heavy atom. The third-order valence-electron chi connectivity index (χ3n) is 3.93. The predicted octanol–water partition coefficient (Wildman–Crippen LogP) is 2.66. The summed E-state index contributed by atoms with van der Waals surface area (Å²) in [4.78, 5) is 14.7. The molecular weight excluding hydrogens is 292 g/mol. The number of fused-ring (bicyclic) bond motifs is 1. The van der Waals surface area contributed by atoms with Crippen LogP contribution < -0.4 is 5.32 Å². The summed E-state index contributed by atoms with van der Waals surface area (Å²) in [5.74, 6) is -0.748. The quantitative estimate of drug-likeness (QED) is 0.564. The second kappa shape index (κ2) is 6.54. The maximum atomic E-state index is 11.5. The largest absolute Gasteiger partial charge is 0.508 e. The molecule has 1 atom stereocenters. The average Bonchev–Trinajstić information content (AvgIpc) is 2.95. The number of aromatic hydroxyl groups is 1. The van der Waals surface area contributed by atoms with Crippen LogP contribution in [0.2, 0.25) is 0 Å². The minimum atomic E-state index is -0.911. The van der Waals surface area contributed by atoms with Crippen molar-refractivity contribution in [3.8, 4) is 5.75 Å². The van der Waals surface area contributed by atoms with Gasteiger partial charge in [-0.1, -0.05) is 36.4 Å². The predicted molar refractivity (Wildman–Crippen MR) is 88.4 cm³/mol. The van der Waals surface area contributed by atoms with Crippen LogP contribution in [-0.4, -0.2) is 27.2 Å². The van der Waals surface area contributed by atoms with Gasteiger partial charge >= 0.3 is 5.97 Å². The van der Waals surface area contributed by atoms with Crippen LogP contribution in [-0.2, 0) is 17.8 Å².